The number of aliphatic hydroxyl groups is 1. The van der Waals surface area contributed by atoms with E-state index < -0.39 is 0 Å². The molecule has 0 aromatic heterocycles. The fourth-order valence-corrected chi connectivity index (χ4v) is 3.11. The minimum atomic E-state index is 0.0442. The number of hydrogen-bond donors (Lipinski definition) is 2. The molecule has 2 aliphatic rings. The van der Waals surface area contributed by atoms with E-state index in [9.17, 15) is 4.79 Å². The molecule has 2 rings (SSSR count). The molecule has 5 heteroatoms. The van der Waals surface area contributed by atoms with Gasteiger partial charge in [0.2, 0.25) is 0 Å². The average Bonchev–Trinajstić information content (AvgIpc) is 2.37. The summed E-state index contributed by atoms with van der Waals surface area (Å²) in [6, 6.07) is 0.268. The maximum Gasteiger partial charge on any atom is 0.317 e. The minimum Gasteiger partial charge on any atom is -0.396 e. The van der Waals surface area contributed by atoms with Gasteiger partial charge in [-0.1, -0.05) is 0 Å². The predicted molar refractivity (Wildman–Crippen MR) is 72.9 cm³/mol. The van der Waals surface area contributed by atoms with Crippen molar-refractivity contribution in [3.05, 3.63) is 0 Å². The van der Waals surface area contributed by atoms with Gasteiger partial charge in [-0.25, -0.2) is 4.79 Å². The third-order valence-corrected chi connectivity index (χ3v) is 4.19. The number of hydrogen-bond acceptors (Lipinski definition) is 3. The second-order valence-corrected chi connectivity index (χ2v) is 5.99. The molecule has 2 amide bonds. The van der Waals surface area contributed by atoms with Gasteiger partial charge in [0.05, 0.1) is 12.2 Å². The van der Waals surface area contributed by atoms with E-state index in [1.54, 1.807) is 0 Å². The third-order valence-electron chi connectivity index (χ3n) is 4.19. The number of amides is 2. The second kappa shape index (κ2) is 6.57. The Morgan fingerprint density at radius 3 is 2.37 bits per heavy atom. The van der Waals surface area contributed by atoms with Crippen LogP contribution >= 0.6 is 0 Å². The van der Waals surface area contributed by atoms with Gasteiger partial charge in [0.25, 0.3) is 0 Å². The van der Waals surface area contributed by atoms with E-state index in [4.69, 9.17) is 9.84 Å². The topological polar surface area (TPSA) is 61.8 Å². The van der Waals surface area contributed by atoms with Crippen molar-refractivity contribution >= 4 is 6.03 Å². The molecule has 2 heterocycles. The Hall–Kier alpha value is -0.810. The highest BCUT2D eigenvalue weighted by molar-refractivity contribution is 5.74. The number of carbonyl (C=O) groups is 1. The number of aliphatic hydroxyl groups excluding tert-OH is 1. The molecule has 5 nitrogen and oxygen atoms in total. The molecule has 110 valence electrons. The summed E-state index contributed by atoms with van der Waals surface area (Å²) < 4.78 is 5.68. The van der Waals surface area contributed by atoms with E-state index in [-0.39, 0.29) is 30.9 Å². The van der Waals surface area contributed by atoms with Gasteiger partial charge in [-0.05, 0) is 45.4 Å². The lowest BCUT2D eigenvalue weighted by Gasteiger charge is -2.36. The first-order chi connectivity index (χ1) is 9.08. The van der Waals surface area contributed by atoms with Crippen molar-refractivity contribution in [3.8, 4) is 0 Å². The fourth-order valence-electron chi connectivity index (χ4n) is 3.11. The number of carbonyl (C=O) groups excluding carboxylic acids is 1. The van der Waals surface area contributed by atoms with Gasteiger partial charge >= 0.3 is 6.03 Å². The van der Waals surface area contributed by atoms with Crippen molar-refractivity contribution in [2.24, 2.45) is 5.92 Å². The molecule has 2 aliphatic heterocycles. The number of nitrogens with zero attached hydrogens (tertiary/aromatic N) is 1. The monoisotopic (exact) mass is 270 g/mol. The third kappa shape index (κ3) is 4.08. The van der Waals surface area contributed by atoms with E-state index in [1.165, 1.54) is 0 Å². The first-order valence-electron chi connectivity index (χ1n) is 7.40. The molecule has 2 fully saturated rings. The maximum atomic E-state index is 12.2. The Kier molecular flexibility index (Phi) is 5.05. The molecule has 0 aromatic rings. The van der Waals surface area contributed by atoms with Crippen molar-refractivity contribution in [2.75, 3.05) is 19.7 Å². The lowest BCUT2D eigenvalue weighted by molar-refractivity contribution is -0.0408. The largest absolute Gasteiger partial charge is 0.396 e. The van der Waals surface area contributed by atoms with Crippen LogP contribution in [0.25, 0.3) is 0 Å². The number of urea groups is 1. The van der Waals surface area contributed by atoms with Gasteiger partial charge in [0, 0.05) is 25.7 Å². The highest BCUT2D eigenvalue weighted by atomic mass is 16.5. The summed E-state index contributed by atoms with van der Waals surface area (Å²) in [6.07, 6.45) is 4.03. The first kappa shape index (κ1) is 14.6. The van der Waals surface area contributed by atoms with E-state index >= 15 is 0 Å². The highest BCUT2D eigenvalue weighted by Gasteiger charge is 2.28. The van der Waals surface area contributed by atoms with Crippen LogP contribution in [0, 0.1) is 5.92 Å². The lowest BCUT2D eigenvalue weighted by atomic mass is 9.98. The van der Waals surface area contributed by atoms with E-state index in [2.05, 4.69) is 19.2 Å². The molecule has 2 N–H and O–H groups in total. The Balaban J connectivity index is 1.78. The normalized spacial score (nSPS) is 33.2. The van der Waals surface area contributed by atoms with Gasteiger partial charge in [-0.2, -0.15) is 0 Å². The zero-order valence-electron chi connectivity index (χ0n) is 12.0. The van der Waals surface area contributed by atoms with Crippen LogP contribution < -0.4 is 5.32 Å². The smallest absolute Gasteiger partial charge is 0.317 e. The molecular weight excluding hydrogens is 244 g/mol. The Bertz CT molecular complexity index is 293. The van der Waals surface area contributed by atoms with Gasteiger partial charge in [0.1, 0.15) is 0 Å². The SMILES string of the molecule is CC1CC(NC(=O)N2CCC(CO)CC2)CC(C)O1. The number of piperidine rings is 1. The summed E-state index contributed by atoms with van der Waals surface area (Å²) in [5.41, 5.74) is 0. The highest BCUT2D eigenvalue weighted by Crippen LogP contribution is 2.20. The number of likely N-dealkylation sites (tertiary alicyclic amines) is 1. The van der Waals surface area contributed by atoms with Crippen molar-refractivity contribution < 1.29 is 14.6 Å². The van der Waals surface area contributed by atoms with Crippen LogP contribution in [0.15, 0.2) is 0 Å². The fraction of sp³-hybridized carbons (Fsp3) is 0.929. The van der Waals surface area contributed by atoms with Crippen molar-refractivity contribution in [1.82, 2.24) is 10.2 Å². The number of nitrogens with one attached hydrogen (secondary N) is 1. The average molecular weight is 270 g/mol. The van der Waals surface area contributed by atoms with Crippen LogP contribution in [0.5, 0.6) is 0 Å². The van der Waals surface area contributed by atoms with Gasteiger partial charge in [-0.15, -0.1) is 0 Å². The number of rotatable bonds is 2. The quantitative estimate of drug-likeness (QED) is 0.796. The standard InChI is InChI=1S/C14H26N2O3/c1-10-7-13(8-11(2)19-10)15-14(18)16-5-3-12(9-17)4-6-16/h10-13,17H,3-9H2,1-2H3,(H,15,18). The minimum absolute atomic E-state index is 0.0442. The molecule has 2 unspecified atom stereocenters. The van der Waals surface area contributed by atoms with Crippen molar-refractivity contribution in [2.45, 2.75) is 57.8 Å². The van der Waals surface area contributed by atoms with E-state index in [1.807, 2.05) is 4.90 Å². The summed E-state index contributed by atoms with van der Waals surface area (Å²) in [5.74, 6) is 0.368. The second-order valence-electron chi connectivity index (χ2n) is 5.99. The molecule has 2 atom stereocenters. The van der Waals surface area contributed by atoms with Crippen molar-refractivity contribution in [3.63, 3.8) is 0 Å². The van der Waals surface area contributed by atoms with Crippen LogP contribution in [0.3, 0.4) is 0 Å². The van der Waals surface area contributed by atoms with E-state index in [0.29, 0.717) is 5.92 Å². The van der Waals surface area contributed by atoms with Gasteiger partial charge < -0.3 is 20.1 Å². The predicted octanol–water partition coefficient (Wildman–Crippen LogP) is 1.36. The van der Waals surface area contributed by atoms with Crippen molar-refractivity contribution in [1.29, 1.82) is 0 Å². The molecule has 19 heavy (non-hydrogen) atoms. The molecule has 0 bridgehead atoms. The summed E-state index contributed by atoms with van der Waals surface area (Å²) >= 11 is 0. The zero-order chi connectivity index (χ0) is 13.8. The van der Waals surface area contributed by atoms with Crippen LogP contribution in [-0.2, 0) is 4.74 Å². The Labute approximate surface area is 115 Å². The zero-order valence-corrected chi connectivity index (χ0v) is 12.0. The van der Waals surface area contributed by atoms with Crippen LogP contribution in [-0.4, -0.2) is 54.0 Å². The summed E-state index contributed by atoms with van der Waals surface area (Å²) in [6.45, 7) is 5.87. The summed E-state index contributed by atoms with van der Waals surface area (Å²) in [5, 5.41) is 12.2. The summed E-state index contributed by atoms with van der Waals surface area (Å²) in [7, 11) is 0. The number of ether oxygens (including phenoxy) is 1. The Morgan fingerprint density at radius 2 is 1.84 bits per heavy atom. The first-order valence-corrected chi connectivity index (χ1v) is 7.40. The molecule has 0 aromatic carbocycles. The summed E-state index contributed by atoms with van der Waals surface area (Å²) in [4.78, 5) is 14.1. The molecule has 0 spiro atoms. The molecule has 2 saturated heterocycles. The molecular formula is C14H26N2O3. The van der Waals surface area contributed by atoms with Gasteiger partial charge in [-0.3, -0.25) is 0 Å². The molecule has 0 saturated carbocycles. The Morgan fingerprint density at radius 1 is 1.26 bits per heavy atom. The van der Waals surface area contributed by atoms with Crippen LogP contribution in [0.4, 0.5) is 4.79 Å². The maximum absolute atomic E-state index is 12.2. The lowest BCUT2D eigenvalue weighted by Crippen LogP contribution is -2.51. The van der Waals surface area contributed by atoms with E-state index in [0.717, 1.165) is 38.8 Å². The van der Waals surface area contributed by atoms with Crippen LogP contribution in [0.2, 0.25) is 0 Å². The molecule has 0 aliphatic carbocycles. The molecule has 0 radical (unpaired) electrons. The van der Waals surface area contributed by atoms with Gasteiger partial charge in [0.15, 0.2) is 0 Å². The van der Waals surface area contributed by atoms with Crippen LogP contribution in [0.1, 0.15) is 39.5 Å².